The minimum atomic E-state index is -4.51. The molecule has 34 heavy (non-hydrogen) atoms. The Morgan fingerprint density at radius 2 is 1.82 bits per heavy atom. The Bertz CT molecular complexity index is 1170. The fourth-order valence-corrected chi connectivity index (χ4v) is 3.42. The van der Waals surface area contributed by atoms with E-state index in [9.17, 15) is 22.8 Å². The lowest BCUT2D eigenvalue weighted by Crippen LogP contribution is -2.25. The normalized spacial score (nSPS) is 11.3. The topological polar surface area (TPSA) is 93.5 Å². The van der Waals surface area contributed by atoms with Crippen molar-refractivity contribution in [2.45, 2.75) is 32.4 Å². The number of amides is 1. The lowest BCUT2D eigenvalue weighted by molar-refractivity contribution is -0.137. The van der Waals surface area contributed by atoms with E-state index in [-0.39, 0.29) is 22.8 Å². The maximum Gasteiger partial charge on any atom is 0.416 e. The maximum absolute atomic E-state index is 13.0. The number of carboxylic acids is 1. The van der Waals surface area contributed by atoms with Crippen molar-refractivity contribution in [1.82, 2.24) is 15.1 Å². The van der Waals surface area contributed by atoms with Gasteiger partial charge in [0.05, 0.1) is 16.8 Å². The van der Waals surface area contributed by atoms with Crippen LogP contribution in [0.3, 0.4) is 0 Å². The van der Waals surface area contributed by atoms with Crippen molar-refractivity contribution in [3.63, 3.8) is 0 Å². The molecule has 0 spiro atoms. The Hall–Kier alpha value is -3.82. The van der Waals surface area contributed by atoms with Crippen molar-refractivity contribution < 1.29 is 32.6 Å². The van der Waals surface area contributed by atoms with Crippen molar-refractivity contribution in [1.29, 1.82) is 0 Å². The number of hydrogen-bond acceptors (Lipinski definition) is 4. The maximum atomic E-state index is 13.0. The molecule has 1 amide bonds. The number of carboxylic acid groups (broad SMARTS) is 1. The van der Waals surface area contributed by atoms with Gasteiger partial charge in [-0.25, -0.2) is 9.48 Å². The number of benzene rings is 2. The van der Waals surface area contributed by atoms with Crippen LogP contribution in [0, 0.1) is 6.92 Å². The first-order valence-corrected chi connectivity index (χ1v) is 10.6. The van der Waals surface area contributed by atoms with Gasteiger partial charge < -0.3 is 15.2 Å². The van der Waals surface area contributed by atoms with Crippen LogP contribution in [0.2, 0.25) is 0 Å². The van der Waals surface area contributed by atoms with Gasteiger partial charge in [0.15, 0.2) is 0 Å². The third-order valence-corrected chi connectivity index (χ3v) is 5.15. The highest BCUT2D eigenvalue weighted by Gasteiger charge is 2.31. The van der Waals surface area contributed by atoms with Crippen LogP contribution in [0.25, 0.3) is 0 Å². The molecule has 3 rings (SSSR count). The molecule has 0 saturated carbocycles. The number of nitrogens with zero attached hydrogens (tertiary/aromatic N) is 2. The Morgan fingerprint density at radius 1 is 1.12 bits per heavy atom. The van der Waals surface area contributed by atoms with Gasteiger partial charge in [0.1, 0.15) is 11.3 Å². The first-order valence-electron chi connectivity index (χ1n) is 10.6. The number of carbonyl (C=O) groups excluding carboxylic acids is 1. The summed E-state index contributed by atoms with van der Waals surface area (Å²) in [7, 11) is 1.54. The summed E-state index contributed by atoms with van der Waals surface area (Å²) in [6.07, 6.45) is -2.34. The van der Waals surface area contributed by atoms with Crippen molar-refractivity contribution in [2.24, 2.45) is 7.05 Å². The number of rotatable bonds is 9. The second-order valence-electron chi connectivity index (χ2n) is 7.73. The lowest BCUT2D eigenvalue weighted by atomic mass is 10.1. The van der Waals surface area contributed by atoms with Gasteiger partial charge in [-0.15, -0.1) is 0 Å². The molecule has 0 aliphatic heterocycles. The number of unbranched alkanes of at least 4 members (excludes halogenated alkanes) is 1. The molecular formula is C24H24F3N3O4. The van der Waals surface area contributed by atoms with Crippen LogP contribution in [0.5, 0.6) is 11.6 Å². The Balaban J connectivity index is 1.58. The van der Waals surface area contributed by atoms with E-state index in [1.165, 1.54) is 16.8 Å². The van der Waals surface area contributed by atoms with Crippen LogP contribution in [0.4, 0.5) is 13.2 Å². The van der Waals surface area contributed by atoms with Gasteiger partial charge in [0.2, 0.25) is 5.88 Å². The molecule has 10 heteroatoms. The smallest absolute Gasteiger partial charge is 0.416 e. The molecule has 3 aromatic rings. The van der Waals surface area contributed by atoms with Crippen LogP contribution in [0.1, 0.15) is 50.4 Å². The van der Waals surface area contributed by atoms with Gasteiger partial charge in [0.25, 0.3) is 5.91 Å². The number of aryl methyl sites for hydroxylation is 3. The minimum absolute atomic E-state index is 0.0489. The highest BCUT2D eigenvalue weighted by Crippen LogP contribution is 2.33. The SMILES string of the molecule is Cc1nn(C)c(Oc2cccc(C(F)(F)F)c2)c1C(=O)NCCCCc1ccc(C(=O)O)cc1. The van der Waals surface area contributed by atoms with Crippen molar-refractivity contribution in [2.75, 3.05) is 6.54 Å². The molecule has 2 aromatic carbocycles. The van der Waals surface area contributed by atoms with Crippen LogP contribution >= 0.6 is 0 Å². The molecule has 0 aliphatic rings. The lowest BCUT2D eigenvalue weighted by Gasteiger charge is -2.12. The van der Waals surface area contributed by atoms with Crippen molar-refractivity contribution >= 4 is 11.9 Å². The Kier molecular flexibility index (Phi) is 7.60. The zero-order valence-corrected chi connectivity index (χ0v) is 18.6. The second-order valence-corrected chi connectivity index (χ2v) is 7.73. The molecule has 0 saturated heterocycles. The molecule has 180 valence electrons. The molecule has 7 nitrogen and oxygen atoms in total. The summed E-state index contributed by atoms with van der Waals surface area (Å²) in [6.45, 7) is 2.00. The molecule has 1 heterocycles. The average molecular weight is 475 g/mol. The summed E-state index contributed by atoms with van der Waals surface area (Å²) < 4.78 is 45.9. The summed E-state index contributed by atoms with van der Waals surface area (Å²) in [5.41, 5.74) is 0.916. The molecule has 2 N–H and O–H groups in total. The molecule has 0 bridgehead atoms. The van der Waals surface area contributed by atoms with Gasteiger partial charge in [-0.1, -0.05) is 18.2 Å². The number of hydrogen-bond donors (Lipinski definition) is 2. The number of nitrogens with one attached hydrogen (secondary N) is 1. The van der Waals surface area contributed by atoms with Gasteiger partial charge >= 0.3 is 12.1 Å². The minimum Gasteiger partial charge on any atom is -0.478 e. The van der Waals surface area contributed by atoms with E-state index in [0.29, 0.717) is 18.7 Å². The standard InChI is InChI=1S/C24H24F3N3O4/c1-15-20(21(31)28-13-4-3-6-16-9-11-17(12-10-16)23(32)33)22(30(2)29-15)34-19-8-5-7-18(14-19)24(25,26)27/h5,7-12,14H,3-4,6,13H2,1-2H3,(H,28,31)(H,32,33). The third-order valence-electron chi connectivity index (χ3n) is 5.15. The molecule has 0 aliphatic carbocycles. The van der Waals surface area contributed by atoms with Crippen LogP contribution < -0.4 is 10.1 Å². The summed E-state index contributed by atoms with van der Waals surface area (Å²) in [5.74, 6) is -1.41. The summed E-state index contributed by atoms with van der Waals surface area (Å²) in [5, 5.41) is 15.9. The first kappa shape index (κ1) is 24.8. The quantitative estimate of drug-likeness (QED) is 0.426. The highest BCUT2D eigenvalue weighted by molar-refractivity contribution is 5.97. The zero-order valence-electron chi connectivity index (χ0n) is 18.6. The third kappa shape index (κ3) is 6.15. The fourth-order valence-electron chi connectivity index (χ4n) is 3.42. The predicted molar refractivity (Wildman–Crippen MR) is 118 cm³/mol. The van der Waals surface area contributed by atoms with Crippen molar-refractivity contribution in [3.05, 3.63) is 76.5 Å². The summed E-state index contributed by atoms with van der Waals surface area (Å²) in [4.78, 5) is 23.7. The van der Waals surface area contributed by atoms with Crippen LogP contribution in [-0.4, -0.2) is 33.3 Å². The van der Waals surface area contributed by atoms with Crippen LogP contribution in [0.15, 0.2) is 48.5 Å². The van der Waals surface area contributed by atoms with Crippen LogP contribution in [-0.2, 0) is 19.6 Å². The number of carbonyl (C=O) groups is 2. The van der Waals surface area contributed by atoms with Crippen molar-refractivity contribution in [3.8, 4) is 11.6 Å². The van der Waals surface area contributed by atoms with E-state index in [2.05, 4.69) is 10.4 Å². The monoisotopic (exact) mass is 475 g/mol. The van der Waals surface area contributed by atoms with Gasteiger partial charge in [0, 0.05) is 13.6 Å². The van der Waals surface area contributed by atoms with Gasteiger partial charge in [-0.05, 0) is 62.1 Å². The molecule has 1 aromatic heterocycles. The number of halogens is 3. The van der Waals surface area contributed by atoms with Gasteiger partial charge in [-0.3, -0.25) is 4.79 Å². The van der Waals surface area contributed by atoms with E-state index >= 15 is 0 Å². The second kappa shape index (κ2) is 10.4. The number of aromatic carboxylic acids is 1. The Labute approximate surface area is 194 Å². The number of alkyl halides is 3. The van der Waals surface area contributed by atoms with E-state index in [0.717, 1.165) is 30.5 Å². The van der Waals surface area contributed by atoms with E-state index < -0.39 is 23.6 Å². The predicted octanol–water partition coefficient (Wildman–Crippen LogP) is 4.99. The molecule has 0 atom stereocenters. The Morgan fingerprint density at radius 3 is 2.47 bits per heavy atom. The largest absolute Gasteiger partial charge is 0.478 e. The summed E-state index contributed by atoms with van der Waals surface area (Å²) >= 11 is 0. The average Bonchev–Trinajstić information content (AvgIpc) is 3.06. The van der Waals surface area contributed by atoms with E-state index in [4.69, 9.17) is 9.84 Å². The molecular weight excluding hydrogens is 451 g/mol. The highest BCUT2D eigenvalue weighted by atomic mass is 19.4. The number of ether oxygens (including phenoxy) is 1. The zero-order chi connectivity index (χ0) is 24.9. The fraction of sp³-hybridized carbons (Fsp3) is 0.292. The molecule has 0 unspecified atom stereocenters. The molecule has 0 radical (unpaired) electrons. The first-order chi connectivity index (χ1) is 16.1. The molecule has 0 fully saturated rings. The van der Waals surface area contributed by atoms with E-state index in [1.807, 2.05) is 0 Å². The number of aromatic nitrogens is 2. The van der Waals surface area contributed by atoms with Gasteiger partial charge in [-0.2, -0.15) is 18.3 Å². The summed E-state index contributed by atoms with van der Waals surface area (Å²) in [6, 6.07) is 11.0. The van der Waals surface area contributed by atoms with E-state index in [1.54, 1.807) is 38.2 Å².